The summed E-state index contributed by atoms with van der Waals surface area (Å²) in [5, 5.41) is 2.51. The Bertz CT molecular complexity index is 297. The van der Waals surface area contributed by atoms with Gasteiger partial charge in [0.2, 0.25) is 11.8 Å². The second-order valence-corrected chi connectivity index (χ2v) is 5.67. The summed E-state index contributed by atoms with van der Waals surface area (Å²) in [4.78, 5) is 24.6. The zero-order valence-corrected chi connectivity index (χ0v) is 11.0. The smallest absolute Gasteiger partial charge is 0.241 e. The summed E-state index contributed by atoms with van der Waals surface area (Å²) in [5.41, 5.74) is 5.39. The molecule has 1 heterocycles. The van der Waals surface area contributed by atoms with Gasteiger partial charge >= 0.3 is 0 Å². The SMILES string of the molecule is CC(C)(C)C1CCN(C(=O)CNC(=O)CN)C1. The van der Waals surface area contributed by atoms with Crippen LogP contribution in [0.25, 0.3) is 0 Å². The third-order valence-corrected chi connectivity index (χ3v) is 3.39. The average molecular weight is 241 g/mol. The number of nitrogens with one attached hydrogen (secondary N) is 1. The molecule has 0 aliphatic carbocycles. The van der Waals surface area contributed by atoms with E-state index in [9.17, 15) is 9.59 Å². The van der Waals surface area contributed by atoms with Crippen LogP contribution in [0.2, 0.25) is 0 Å². The van der Waals surface area contributed by atoms with Gasteiger partial charge < -0.3 is 16.0 Å². The Labute approximate surface area is 103 Å². The Morgan fingerprint density at radius 3 is 2.53 bits per heavy atom. The van der Waals surface area contributed by atoms with E-state index in [1.54, 1.807) is 0 Å². The summed E-state index contributed by atoms with van der Waals surface area (Å²) >= 11 is 0. The van der Waals surface area contributed by atoms with E-state index in [-0.39, 0.29) is 30.3 Å². The van der Waals surface area contributed by atoms with Crippen molar-refractivity contribution in [2.24, 2.45) is 17.1 Å². The van der Waals surface area contributed by atoms with E-state index in [0.717, 1.165) is 19.5 Å². The lowest BCUT2D eigenvalue weighted by molar-refractivity contribution is -0.131. The number of carbonyl (C=O) groups is 2. The third-order valence-electron chi connectivity index (χ3n) is 3.39. The minimum atomic E-state index is -0.287. The third kappa shape index (κ3) is 4.00. The molecule has 1 rings (SSSR count). The Morgan fingerprint density at radius 2 is 2.06 bits per heavy atom. The molecule has 5 nitrogen and oxygen atoms in total. The van der Waals surface area contributed by atoms with Crippen LogP contribution in [-0.4, -0.2) is 42.9 Å². The Hall–Kier alpha value is -1.10. The van der Waals surface area contributed by atoms with Gasteiger partial charge in [0.15, 0.2) is 0 Å². The lowest BCUT2D eigenvalue weighted by atomic mass is 9.80. The van der Waals surface area contributed by atoms with E-state index in [1.807, 2.05) is 4.90 Å². The standard InChI is InChI=1S/C12H23N3O2/c1-12(2,3)9-4-5-15(8-9)11(17)7-14-10(16)6-13/h9H,4-8,13H2,1-3H3,(H,14,16). The zero-order chi connectivity index (χ0) is 13.1. The fourth-order valence-electron chi connectivity index (χ4n) is 2.05. The second-order valence-electron chi connectivity index (χ2n) is 5.67. The van der Waals surface area contributed by atoms with E-state index in [2.05, 4.69) is 26.1 Å². The first-order valence-electron chi connectivity index (χ1n) is 6.09. The molecule has 3 N–H and O–H groups in total. The number of rotatable bonds is 3. The normalized spacial score (nSPS) is 20.5. The van der Waals surface area contributed by atoms with Crippen molar-refractivity contribution in [1.82, 2.24) is 10.2 Å². The van der Waals surface area contributed by atoms with E-state index in [4.69, 9.17) is 5.73 Å². The molecule has 5 heteroatoms. The van der Waals surface area contributed by atoms with E-state index in [1.165, 1.54) is 0 Å². The van der Waals surface area contributed by atoms with Crippen molar-refractivity contribution in [3.05, 3.63) is 0 Å². The molecule has 1 unspecified atom stereocenters. The average Bonchev–Trinajstić information content (AvgIpc) is 2.74. The highest BCUT2D eigenvalue weighted by Crippen LogP contribution is 2.33. The first-order valence-corrected chi connectivity index (χ1v) is 6.09. The van der Waals surface area contributed by atoms with Crippen LogP contribution in [-0.2, 0) is 9.59 Å². The number of nitrogens with two attached hydrogens (primary N) is 1. The van der Waals surface area contributed by atoms with Crippen LogP contribution in [0.15, 0.2) is 0 Å². The number of hydrogen-bond acceptors (Lipinski definition) is 3. The van der Waals surface area contributed by atoms with Gasteiger partial charge in [-0.3, -0.25) is 9.59 Å². The number of carbonyl (C=O) groups excluding carboxylic acids is 2. The summed E-state index contributed by atoms with van der Waals surface area (Å²) < 4.78 is 0. The van der Waals surface area contributed by atoms with Gasteiger partial charge in [-0.1, -0.05) is 20.8 Å². The molecule has 0 aromatic rings. The van der Waals surface area contributed by atoms with Crippen molar-refractivity contribution >= 4 is 11.8 Å². The van der Waals surface area contributed by atoms with Gasteiger partial charge in [0.25, 0.3) is 0 Å². The predicted molar refractivity (Wildman–Crippen MR) is 66.2 cm³/mol. The lowest BCUT2D eigenvalue weighted by Gasteiger charge is -2.27. The van der Waals surface area contributed by atoms with Crippen molar-refractivity contribution in [3.63, 3.8) is 0 Å². The Morgan fingerprint density at radius 1 is 1.41 bits per heavy atom. The molecule has 1 aliphatic rings. The molecule has 1 atom stereocenters. The summed E-state index contributed by atoms with van der Waals surface area (Å²) in [6.45, 7) is 8.16. The van der Waals surface area contributed by atoms with Gasteiger partial charge in [-0.05, 0) is 17.8 Å². The molecule has 1 saturated heterocycles. The molecule has 98 valence electrons. The van der Waals surface area contributed by atoms with Gasteiger partial charge in [-0.15, -0.1) is 0 Å². The van der Waals surface area contributed by atoms with Crippen molar-refractivity contribution in [1.29, 1.82) is 0 Å². The van der Waals surface area contributed by atoms with Crippen molar-refractivity contribution in [3.8, 4) is 0 Å². The summed E-state index contributed by atoms with van der Waals surface area (Å²) in [6.07, 6.45) is 1.04. The molecule has 2 amide bonds. The number of likely N-dealkylation sites (tertiary alicyclic amines) is 1. The van der Waals surface area contributed by atoms with Crippen LogP contribution >= 0.6 is 0 Å². The summed E-state index contributed by atoms with van der Waals surface area (Å²) in [5.74, 6) is 0.236. The molecule has 0 spiro atoms. The highest BCUT2D eigenvalue weighted by Gasteiger charge is 2.33. The van der Waals surface area contributed by atoms with Crippen LogP contribution in [0.1, 0.15) is 27.2 Å². The monoisotopic (exact) mass is 241 g/mol. The fraction of sp³-hybridized carbons (Fsp3) is 0.833. The van der Waals surface area contributed by atoms with E-state index in [0.29, 0.717) is 5.92 Å². The molecular weight excluding hydrogens is 218 g/mol. The molecule has 0 radical (unpaired) electrons. The van der Waals surface area contributed by atoms with Crippen molar-refractivity contribution in [2.75, 3.05) is 26.2 Å². The van der Waals surface area contributed by atoms with Crippen LogP contribution in [0.4, 0.5) is 0 Å². The highest BCUT2D eigenvalue weighted by molar-refractivity contribution is 5.85. The van der Waals surface area contributed by atoms with Gasteiger partial charge in [0, 0.05) is 13.1 Å². The summed E-state index contributed by atoms with van der Waals surface area (Å²) in [7, 11) is 0. The second kappa shape index (κ2) is 5.49. The summed E-state index contributed by atoms with van der Waals surface area (Å²) in [6, 6.07) is 0. The number of hydrogen-bond donors (Lipinski definition) is 2. The van der Waals surface area contributed by atoms with Crippen LogP contribution in [0.3, 0.4) is 0 Å². The predicted octanol–water partition coefficient (Wildman–Crippen LogP) is -0.0441. The van der Waals surface area contributed by atoms with Crippen molar-refractivity contribution < 1.29 is 9.59 Å². The Balaban J connectivity index is 2.38. The number of amides is 2. The van der Waals surface area contributed by atoms with Gasteiger partial charge in [0.05, 0.1) is 13.1 Å². The maximum absolute atomic E-state index is 11.8. The lowest BCUT2D eigenvalue weighted by Crippen LogP contribution is -2.41. The topological polar surface area (TPSA) is 75.4 Å². The van der Waals surface area contributed by atoms with Crippen LogP contribution < -0.4 is 11.1 Å². The van der Waals surface area contributed by atoms with E-state index < -0.39 is 0 Å². The van der Waals surface area contributed by atoms with Gasteiger partial charge in [-0.25, -0.2) is 0 Å². The zero-order valence-electron chi connectivity index (χ0n) is 11.0. The number of nitrogens with zero attached hydrogens (tertiary/aromatic N) is 1. The molecule has 0 saturated carbocycles. The van der Waals surface area contributed by atoms with Gasteiger partial charge in [-0.2, -0.15) is 0 Å². The maximum atomic E-state index is 11.8. The largest absolute Gasteiger partial charge is 0.346 e. The molecular formula is C12H23N3O2. The highest BCUT2D eigenvalue weighted by atomic mass is 16.2. The first-order chi connectivity index (χ1) is 7.84. The minimum Gasteiger partial charge on any atom is -0.346 e. The molecule has 1 aliphatic heterocycles. The molecule has 0 aromatic carbocycles. The molecule has 0 bridgehead atoms. The molecule has 0 aromatic heterocycles. The van der Waals surface area contributed by atoms with Crippen molar-refractivity contribution in [2.45, 2.75) is 27.2 Å². The maximum Gasteiger partial charge on any atom is 0.241 e. The van der Waals surface area contributed by atoms with Crippen LogP contribution in [0.5, 0.6) is 0 Å². The fourth-order valence-corrected chi connectivity index (χ4v) is 2.05. The Kier molecular flexibility index (Phi) is 4.51. The van der Waals surface area contributed by atoms with E-state index >= 15 is 0 Å². The molecule has 17 heavy (non-hydrogen) atoms. The van der Waals surface area contributed by atoms with Gasteiger partial charge in [0.1, 0.15) is 0 Å². The quantitative estimate of drug-likeness (QED) is 0.728. The first kappa shape index (κ1) is 14.0. The minimum absolute atomic E-state index is 0.0152. The molecule has 1 fully saturated rings. The van der Waals surface area contributed by atoms with Crippen LogP contribution in [0, 0.1) is 11.3 Å².